The summed E-state index contributed by atoms with van der Waals surface area (Å²) in [5.41, 5.74) is 3.63. The normalized spacial score (nSPS) is 10.7. The third-order valence-electron chi connectivity index (χ3n) is 4.40. The first kappa shape index (κ1) is 16.7. The van der Waals surface area contributed by atoms with E-state index in [9.17, 15) is 15.3 Å². The fourth-order valence-corrected chi connectivity index (χ4v) is 3.06. The third-order valence-corrected chi connectivity index (χ3v) is 4.40. The average molecular weight is 355 g/mol. The van der Waals surface area contributed by atoms with E-state index in [1.807, 2.05) is 36.4 Å². The molecule has 0 saturated carbocycles. The predicted octanol–water partition coefficient (Wildman–Crippen LogP) is 5.20. The first-order chi connectivity index (χ1) is 13.1. The van der Waals surface area contributed by atoms with Crippen molar-refractivity contribution in [3.63, 3.8) is 0 Å². The number of aromatic nitrogens is 1. The molecule has 1 aromatic heterocycles. The zero-order chi connectivity index (χ0) is 18.8. The quantitative estimate of drug-likeness (QED) is 0.472. The summed E-state index contributed by atoms with van der Waals surface area (Å²) in [6.07, 6.45) is 0. The second-order valence-corrected chi connectivity index (χ2v) is 6.18. The van der Waals surface area contributed by atoms with Crippen LogP contribution in [0.5, 0.6) is 17.2 Å². The maximum atomic E-state index is 10.3. The van der Waals surface area contributed by atoms with Gasteiger partial charge in [0.1, 0.15) is 17.2 Å². The summed E-state index contributed by atoms with van der Waals surface area (Å²) in [6, 6.07) is 24.6. The number of phenols is 3. The Morgan fingerprint density at radius 2 is 0.852 bits per heavy atom. The van der Waals surface area contributed by atoms with Crippen molar-refractivity contribution >= 4 is 0 Å². The number of nitrogens with zero attached hydrogens (tertiary/aromatic N) is 1. The van der Waals surface area contributed by atoms with Crippen LogP contribution in [0.15, 0.2) is 84.9 Å². The lowest BCUT2D eigenvalue weighted by atomic mass is 9.99. The number of phenolic OH excluding ortho intramolecular Hbond substituents is 3. The molecule has 0 saturated heterocycles. The van der Waals surface area contributed by atoms with Crippen molar-refractivity contribution in [1.82, 2.24) is 4.98 Å². The molecule has 0 unspecified atom stereocenters. The van der Waals surface area contributed by atoms with E-state index >= 15 is 0 Å². The topological polar surface area (TPSA) is 73.6 Å². The molecule has 0 aliphatic rings. The van der Waals surface area contributed by atoms with E-state index in [1.165, 1.54) is 0 Å². The van der Waals surface area contributed by atoms with E-state index in [0.717, 1.165) is 5.56 Å². The van der Waals surface area contributed by atoms with Crippen LogP contribution in [0.25, 0.3) is 33.6 Å². The van der Waals surface area contributed by atoms with Crippen molar-refractivity contribution in [2.45, 2.75) is 0 Å². The van der Waals surface area contributed by atoms with Gasteiger partial charge >= 0.3 is 0 Å². The largest absolute Gasteiger partial charge is 0.507 e. The molecule has 0 amide bonds. The van der Waals surface area contributed by atoms with Crippen LogP contribution < -0.4 is 0 Å². The molecule has 1 heterocycles. The predicted molar refractivity (Wildman–Crippen MR) is 106 cm³/mol. The summed E-state index contributed by atoms with van der Waals surface area (Å²) in [6.45, 7) is 0. The molecule has 0 spiro atoms. The average Bonchev–Trinajstić information content (AvgIpc) is 2.69. The molecule has 4 nitrogen and oxygen atoms in total. The zero-order valence-corrected chi connectivity index (χ0v) is 14.4. The van der Waals surface area contributed by atoms with Crippen molar-refractivity contribution in [3.8, 4) is 50.9 Å². The van der Waals surface area contributed by atoms with Gasteiger partial charge in [-0.3, -0.25) is 0 Å². The van der Waals surface area contributed by atoms with Gasteiger partial charge in [0.25, 0.3) is 0 Å². The second-order valence-electron chi connectivity index (χ2n) is 6.18. The highest BCUT2D eigenvalue weighted by Gasteiger charge is 2.14. The summed E-state index contributed by atoms with van der Waals surface area (Å²) >= 11 is 0. The first-order valence-electron chi connectivity index (χ1n) is 8.50. The molecular weight excluding hydrogens is 338 g/mol. The number of hydrogen-bond donors (Lipinski definition) is 3. The van der Waals surface area contributed by atoms with Crippen LogP contribution in [0.2, 0.25) is 0 Å². The van der Waals surface area contributed by atoms with Gasteiger partial charge in [0.2, 0.25) is 0 Å². The van der Waals surface area contributed by atoms with E-state index in [2.05, 4.69) is 4.98 Å². The lowest BCUT2D eigenvalue weighted by Gasteiger charge is -2.12. The zero-order valence-electron chi connectivity index (χ0n) is 14.4. The fourth-order valence-electron chi connectivity index (χ4n) is 3.06. The number of pyridine rings is 1. The standard InChI is InChI=1S/C23H17NO3/c25-21-10-4-1-7-16(21)15-13-19(17-8-2-5-11-22(17)26)24-20(14-15)18-9-3-6-12-23(18)27/h1-14,25-27H. The second kappa shape index (κ2) is 6.84. The minimum Gasteiger partial charge on any atom is -0.507 e. The Morgan fingerprint density at radius 3 is 1.26 bits per heavy atom. The molecule has 0 fully saturated rings. The Balaban J connectivity index is 1.99. The molecule has 0 bridgehead atoms. The maximum absolute atomic E-state index is 10.3. The lowest BCUT2D eigenvalue weighted by molar-refractivity contribution is 0.477. The lowest BCUT2D eigenvalue weighted by Crippen LogP contribution is -1.92. The highest BCUT2D eigenvalue weighted by atomic mass is 16.3. The minimum absolute atomic E-state index is 0.114. The monoisotopic (exact) mass is 355 g/mol. The summed E-state index contributed by atoms with van der Waals surface area (Å²) < 4.78 is 0. The van der Waals surface area contributed by atoms with Gasteiger partial charge in [0.05, 0.1) is 11.4 Å². The van der Waals surface area contributed by atoms with Gasteiger partial charge in [-0.05, 0) is 48.0 Å². The Hall–Kier alpha value is -3.79. The van der Waals surface area contributed by atoms with Crippen LogP contribution in [0.1, 0.15) is 0 Å². The fraction of sp³-hybridized carbons (Fsp3) is 0. The highest BCUT2D eigenvalue weighted by Crippen LogP contribution is 2.37. The van der Waals surface area contributed by atoms with E-state index in [0.29, 0.717) is 28.1 Å². The molecule has 4 heteroatoms. The van der Waals surface area contributed by atoms with Gasteiger partial charge in [-0.1, -0.05) is 42.5 Å². The molecule has 0 aliphatic carbocycles. The van der Waals surface area contributed by atoms with Gasteiger partial charge in [0.15, 0.2) is 0 Å². The SMILES string of the molecule is Oc1ccccc1-c1cc(-c2ccccc2O)nc(-c2ccccc2O)c1. The molecule has 3 aromatic carbocycles. The van der Waals surface area contributed by atoms with E-state index in [-0.39, 0.29) is 17.2 Å². The number of aromatic hydroxyl groups is 3. The first-order valence-corrected chi connectivity index (χ1v) is 8.50. The Labute approximate surface area is 156 Å². The summed E-state index contributed by atoms with van der Waals surface area (Å²) in [4.78, 5) is 4.65. The smallest absolute Gasteiger partial charge is 0.124 e. The number of para-hydroxylation sites is 3. The van der Waals surface area contributed by atoms with Gasteiger partial charge in [-0.2, -0.15) is 0 Å². The molecule has 0 aliphatic heterocycles. The van der Waals surface area contributed by atoms with Gasteiger partial charge in [-0.15, -0.1) is 0 Å². The van der Waals surface area contributed by atoms with Crippen molar-refractivity contribution in [1.29, 1.82) is 0 Å². The van der Waals surface area contributed by atoms with Crippen molar-refractivity contribution in [3.05, 3.63) is 84.9 Å². The van der Waals surface area contributed by atoms with Gasteiger partial charge in [0, 0.05) is 16.7 Å². The Morgan fingerprint density at radius 1 is 0.481 bits per heavy atom. The Kier molecular flexibility index (Phi) is 4.22. The summed E-state index contributed by atoms with van der Waals surface area (Å²) in [5, 5.41) is 30.8. The third kappa shape index (κ3) is 3.20. The van der Waals surface area contributed by atoms with Crippen LogP contribution in [-0.4, -0.2) is 20.3 Å². The molecule has 3 N–H and O–H groups in total. The van der Waals surface area contributed by atoms with Crippen molar-refractivity contribution in [2.75, 3.05) is 0 Å². The van der Waals surface area contributed by atoms with Crippen LogP contribution in [0, 0.1) is 0 Å². The Bertz CT molecular complexity index is 968. The van der Waals surface area contributed by atoms with Gasteiger partial charge < -0.3 is 15.3 Å². The molecule has 27 heavy (non-hydrogen) atoms. The number of rotatable bonds is 3. The summed E-state index contributed by atoms with van der Waals surface area (Å²) in [5.74, 6) is 0.375. The molecule has 4 rings (SSSR count). The summed E-state index contributed by atoms with van der Waals surface area (Å²) in [7, 11) is 0. The van der Waals surface area contributed by atoms with Crippen molar-refractivity contribution < 1.29 is 15.3 Å². The van der Waals surface area contributed by atoms with Crippen molar-refractivity contribution in [2.24, 2.45) is 0 Å². The number of hydrogen-bond acceptors (Lipinski definition) is 4. The molecule has 132 valence electrons. The molecule has 0 radical (unpaired) electrons. The maximum Gasteiger partial charge on any atom is 0.124 e. The van der Waals surface area contributed by atoms with Crippen LogP contribution in [-0.2, 0) is 0 Å². The number of benzene rings is 3. The minimum atomic E-state index is 0.114. The van der Waals surface area contributed by atoms with Crippen LogP contribution in [0.4, 0.5) is 0 Å². The highest BCUT2D eigenvalue weighted by molar-refractivity contribution is 5.81. The molecule has 0 atom stereocenters. The van der Waals surface area contributed by atoms with Gasteiger partial charge in [-0.25, -0.2) is 4.98 Å². The van der Waals surface area contributed by atoms with E-state index in [1.54, 1.807) is 48.5 Å². The van der Waals surface area contributed by atoms with E-state index < -0.39 is 0 Å². The van der Waals surface area contributed by atoms with Crippen LogP contribution >= 0.6 is 0 Å². The molecular formula is C23H17NO3. The molecule has 4 aromatic rings. The van der Waals surface area contributed by atoms with E-state index in [4.69, 9.17) is 0 Å². The van der Waals surface area contributed by atoms with Crippen LogP contribution in [0.3, 0.4) is 0 Å².